The summed E-state index contributed by atoms with van der Waals surface area (Å²) in [5.41, 5.74) is 15.4. The van der Waals surface area contributed by atoms with Gasteiger partial charge in [-0.3, -0.25) is 0 Å². The van der Waals surface area contributed by atoms with E-state index in [1.165, 1.54) is 0 Å². The van der Waals surface area contributed by atoms with Gasteiger partial charge in [0, 0.05) is 89.7 Å². The van der Waals surface area contributed by atoms with Crippen molar-refractivity contribution >= 4 is 83.6 Å². The summed E-state index contributed by atoms with van der Waals surface area (Å²) in [4.78, 5) is 17.6. The molecule has 14 aromatic rings. The molecule has 10 aromatic carbocycles. The van der Waals surface area contributed by atoms with Crippen molar-refractivity contribution in [2.75, 3.05) is 9.80 Å². The normalized spacial score (nSPS) is 11.0. The average molecular weight is 1070 g/mol. The highest BCUT2D eigenvalue weighted by Crippen LogP contribution is 2.53. The van der Waals surface area contributed by atoms with Crippen molar-refractivity contribution in [1.82, 2.24) is 19.1 Å². The monoisotopic (exact) mass is 1070 g/mol. The van der Waals surface area contributed by atoms with Crippen LogP contribution in [0.4, 0.5) is 39.9 Å². The molecule has 0 amide bonds. The predicted molar refractivity (Wildman–Crippen MR) is 337 cm³/mol. The van der Waals surface area contributed by atoms with E-state index in [2.05, 4.69) is 173 Å². The Bertz CT molecular complexity index is 4660. The number of benzene rings is 10. The third-order valence-electron chi connectivity index (χ3n) is 15.5. The fourth-order valence-corrected chi connectivity index (χ4v) is 11.9. The summed E-state index contributed by atoms with van der Waals surface area (Å²) in [5.74, 6) is 0.202. The number of para-hydroxylation sites is 6. The zero-order chi connectivity index (χ0) is 56.7. The first kappa shape index (κ1) is 49.9. The first-order valence-electron chi connectivity index (χ1n) is 27.3. The van der Waals surface area contributed by atoms with Crippen LogP contribution in [0.1, 0.15) is 16.8 Å². The number of hydrogen-bond acceptors (Lipinski definition) is 7. The Morgan fingerprint density at radius 1 is 0.357 bits per heavy atom. The number of rotatable bonds is 11. The molecule has 0 saturated heterocycles. The minimum atomic E-state index is 0.202. The van der Waals surface area contributed by atoms with E-state index < -0.39 is 0 Å². The zero-order valence-corrected chi connectivity index (χ0v) is 44.9. The van der Waals surface area contributed by atoms with Gasteiger partial charge < -0.3 is 23.8 Å². The van der Waals surface area contributed by atoms with Gasteiger partial charge in [-0.15, -0.1) is 4.98 Å². The second-order valence-electron chi connectivity index (χ2n) is 20.2. The molecule has 0 radical (unpaired) electrons. The highest BCUT2D eigenvalue weighted by Gasteiger charge is 2.33. The summed E-state index contributed by atoms with van der Waals surface area (Å²) in [7, 11) is 0. The number of hydrogen-bond donors (Lipinski definition) is 0. The lowest BCUT2D eigenvalue weighted by atomic mass is 9.84. The fourth-order valence-electron chi connectivity index (χ4n) is 11.9. The summed E-state index contributed by atoms with van der Waals surface area (Å²) < 4.78 is 4.53. The van der Waals surface area contributed by atoms with Gasteiger partial charge in [0.1, 0.15) is 24.0 Å². The molecule has 0 atom stereocenters. The molecule has 0 N–H and O–H groups in total. The van der Waals surface area contributed by atoms with E-state index in [9.17, 15) is 15.8 Å². The number of nitrogens with zero attached hydrogens (tertiary/aromatic N) is 10. The number of anilines is 6. The van der Waals surface area contributed by atoms with Gasteiger partial charge in [-0.2, -0.15) is 15.8 Å². The minimum Gasteiger partial charge on any atom is -0.361 e. The Kier molecular flexibility index (Phi) is 12.5. The number of fused-ring (bicyclic) bond motifs is 6. The molecule has 4 heterocycles. The van der Waals surface area contributed by atoms with Crippen LogP contribution in [0.3, 0.4) is 0 Å². The predicted octanol–water partition coefficient (Wildman–Crippen LogP) is 18.8. The molecule has 0 saturated carbocycles. The summed E-state index contributed by atoms with van der Waals surface area (Å²) in [5, 5.41) is 36.7. The molecule has 10 heteroatoms. The van der Waals surface area contributed by atoms with Crippen LogP contribution in [-0.4, -0.2) is 19.1 Å². The van der Waals surface area contributed by atoms with E-state index in [1.807, 2.05) is 121 Å². The molecule has 0 aliphatic carbocycles. The van der Waals surface area contributed by atoms with Crippen LogP contribution < -0.4 is 9.80 Å². The van der Waals surface area contributed by atoms with Gasteiger partial charge in [-0.25, -0.2) is 4.98 Å². The fraction of sp³-hybridized carbons (Fsp3) is 0. The van der Waals surface area contributed by atoms with Crippen molar-refractivity contribution in [2.24, 2.45) is 0 Å². The minimum absolute atomic E-state index is 0.202. The standard InChI is InChI=1S/C74H44N10/c1-78-69-41-35-52(48-80-69)71-64(46-77)70(51-34-36-53(45-76)79-47-51)73(83-65-28-16-14-26-60(65)62-42-58(37-39-67(62)83)81(54-18-6-2-7-19-54)55-20-8-3-9-21-55)72(50-32-30-49(44-75)31-33-50)74(71)84-66-29-17-15-27-61(66)63-43-59(38-40-68(63)84)82(56-22-10-4-11-23-56)57-24-12-5-13-25-57/h2-43,47-48H. The van der Waals surface area contributed by atoms with Crippen molar-refractivity contribution in [2.45, 2.75) is 0 Å². The highest BCUT2D eigenvalue weighted by atomic mass is 15.2. The van der Waals surface area contributed by atoms with Crippen molar-refractivity contribution < 1.29 is 0 Å². The van der Waals surface area contributed by atoms with E-state index in [-0.39, 0.29) is 11.5 Å². The maximum atomic E-state index is 12.3. The summed E-state index contributed by atoms with van der Waals surface area (Å²) in [6.45, 7) is 7.96. The van der Waals surface area contributed by atoms with Crippen molar-refractivity contribution in [3.05, 3.63) is 295 Å². The number of aromatic nitrogens is 4. The van der Waals surface area contributed by atoms with Crippen molar-refractivity contribution in [3.8, 4) is 63.0 Å². The lowest BCUT2D eigenvalue weighted by Crippen LogP contribution is -2.11. The summed E-state index contributed by atoms with van der Waals surface area (Å²) in [6, 6.07) is 93.1. The van der Waals surface area contributed by atoms with E-state index in [0.29, 0.717) is 44.8 Å². The Morgan fingerprint density at radius 3 is 1.17 bits per heavy atom. The zero-order valence-electron chi connectivity index (χ0n) is 44.9. The molecule has 390 valence electrons. The Balaban J connectivity index is 1.17. The maximum Gasteiger partial charge on any atom is 0.269 e. The molecule has 0 aliphatic heterocycles. The highest BCUT2D eigenvalue weighted by molar-refractivity contribution is 6.16. The Hall–Kier alpha value is -12.3. The first-order chi connectivity index (χ1) is 41.5. The molecule has 0 unspecified atom stereocenters. The van der Waals surface area contributed by atoms with Crippen LogP contribution in [0.2, 0.25) is 0 Å². The van der Waals surface area contributed by atoms with Crippen molar-refractivity contribution in [1.29, 1.82) is 15.8 Å². The van der Waals surface area contributed by atoms with Crippen LogP contribution in [0.25, 0.3) is 93.2 Å². The molecule has 0 bridgehead atoms. The smallest absolute Gasteiger partial charge is 0.269 e. The molecule has 84 heavy (non-hydrogen) atoms. The van der Waals surface area contributed by atoms with Gasteiger partial charge in [-0.1, -0.05) is 134 Å². The molecule has 0 aliphatic rings. The Morgan fingerprint density at radius 2 is 0.774 bits per heavy atom. The summed E-state index contributed by atoms with van der Waals surface area (Å²) >= 11 is 0. The molecule has 0 fully saturated rings. The lowest BCUT2D eigenvalue weighted by Gasteiger charge is -2.28. The molecular formula is C74H44N10. The summed E-state index contributed by atoms with van der Waals surface area (Å²) in [6.07, 6.45) is 3.34. The van der Waals surface area contributed by atoms with Crippen LogP contribution in [0.15, 0.2) is 267 Å². The lowest BCUT2D eigenvalue weighted by molar-refractivity contribution is 1.13. The van der Waals surface area contributed by atoms with Gasteiger partial charge in [0.15, 0.2) is 0 Å². The molecule has 4 aromatic heterocycles. The van der Waals surface area contributed by atoms with Crippen LogP contribution >= 0.6 is 0 Å². The van der Waals surface area contributed by atoms with E-state index in [4.69, 9.17) is 6.57 Å². The van der Waals surface area contributed by atoms with E-state index in [0.717, 1.165) is 88.9 Å². The molecular weight excluding hydrogens is 1030 g/mol. The second kappa shape index (κ2) is 21.0. The van der Waals surface area contributed by atoms with Gasteiger partial charge >= 0.3 is 0 Å². The number of pyridine rings is 2. The third kappa shape index (κ3) is 8.41. The van der Waals surface area contributed by atoms with Crippen LogP contribution in [0.5, 0.6) is 0 Å². The van der Waals surface area contributed by atoms with Crippen LogP contribution in [0, 0.1) is 40.6 Å². The van der Waals surface area contributed by atoms with Gasteiger partial charge in [0.25, 0.3) is 5.82 Å². The third-order valence-corrected chi connectivity index (χ3v) is 15.5. The van der Waals surface area contributed by atoms with Crippen LogP contribution in [-0.2, 0) is 0 Å². The van der Waals surface area contributed by atoms with Gasteiger partial charge in [0.2, 0.25) is 0 Å². The molecule has 0 spiro atoms. The molecule has 10 nitrogen and oxygen atoms in total. The SMILES string of the molecule is [C-]#[N+]c1ccc(-c2c(C#N)c(-c3ccc(C#N)nc3)c(-n3c4ccccc4c4cc(N(c5ccccc5)c5ccccc5)ccc43)c(-c3ccc(C#N)cc3)c2-n2c3ccccc3c3cc(N(c4ccccc4)c4ccccc4)ccc32)cn1. The van der Waals surface area contributed by atoms with E-state index in [1.54, 1.807) is 24.5 Å². The van der Waals surface area contributed by atoms with Gasteiger partial charge in [-0.05, 0) is 133 Å². The van der Waals surface area contributed by atoms with Crippen molar-refractivity contribution in [3.63, 3.8) is 0 Å². The second-order valence-corrected chi connectivity index (χ2v) is 20.2. The average Bonchev–Trinajstić information content (AvgIpc) is 2.80. The molecule has 14 rings (SSSR count). The maximum absolute atomic E-state index is 12.3. The number of nitriles is 3. The first-order valence-corrected chi connectivity index (χ1v) is 27.3. The topological polar surface area (TPSA) is 118 Å². The van der Waals surface area contributed by atoms with E-state index >= 15 is 0 Å². The Labute approximate surface area is 484 Å². The largest absolute Gasteiger partial charge is 0.361 e. The quantitative estimate of drug-likeness (QED) is 0.118. The van der Waals surface area contributed by atoms with Gasteiger partial charge in [0.05, 0.1) is 50.6 Å².